The molecule has 4 heteroatoms. The van der Waals surface area contributed by atoms with Crippen molar-refractivity contribution >= 4 is 25.5 Å². The average Bonchev–Trinajstić information content (AvgIpc) is 2.17. The van der Waals surface area contributed by atoms with Gasteiger partial charge in [0.05, 0.1) is 0 Å². The van der Waals surface area contributed by atoms with Crippen molar-refractivity contribution in [3.8, 4) is 0 Å². The summed E-state index contributed by atoms with van der Waals surface area (Å²) in [5.74, 6) is 0. The zero-order chi connectivity index (χ0) is 10.8. The van der Waals surface area contributed by atoms with Crippen LogP contribution in [0.2, 0.25) is 10.6 Å². The van der Waals surface area contributed by atoms with Crippen LogP contribution in [0.15, 0.2) is 24.3 Å². The van der Waals surface area contributed by atoms with E-state index in [0.717, 1.165) is 0 Å². The van der Waals surface area contributed by atoms with Crippen molar-refractivity contribution in [2.75, 3.05) is 0 Å². The van der Waals surface area contributed by atoms with Gasteiger partial charge in [-0.15, -0.1) is 0 Å². The van der Waals surface area contributed by atoms with Crippen molar-refractivity contribution in [1.82, 2.24) is 0 Å². The molecule has 14 heavy (non-hydrogen) atoms. The minimum atomic E-state index is -4.26. The molecule has 0 radical (unpaired) electrons. The second kappa shape index (κ2) is 4.40. The first-order valence-electron chi connectivity index (χ1n) is 4.62. The van der Waals surface area contributed by atoms with E-state index in [4.69, 9.17) is 11.6 Å². The van der Waals surface area contributed by atoms with E-state index >= 15 is 0 Å². The van der Waals surface area contributed by atoms with Gasteiger partial charge in [0.2, 0.25) is 0 Å². The first-order valence-corrected chi connectivity index (χ1v) is 6.83. The monoisotopic (exact) mass is 234 g/mol. The molecule has 0 fully saturated rings. The summed E-state index contributed by atoms with van der Waals surface area (Å²) in [6.07, 6.45) is 0.516. The molecule has 0 saturated heterocycles. The minimum absolute atomic E-state index is 0.177. The van der Waals surface area contributed by atoms with Crippen LogP contribution < -0.4 is 5.19 Å². The largest absolute Gasteiger partial charge is 0.458 e. The maximum Gasteiger partial charge on any atom is 0.458 e. The Balaban J connectivity index is 2.97. The highest BCUT2D eigenvalue weighted by Crippen LogP contribution is 2.27. The Morgan fingerprint density at radius 1 is 1.29 bits per heavy atom. The van der Waals surface area contributed by atoms with Crippen molar-refractivity contribution in [2.45, 2.75) is 25.8 Å². The van der Waals surface area contributed by atoms with E-state index in [9.17, 15) is 8.22 Å². The van der Waals surface area contributed by atoms with Crippen molar-refractivity contribution in [2.24, 2.45) is 0 Å². The highest BCUT2D eigenvalue weighted by atomic mass is 35.5. The van der Waals surface area contributed by atoms with Gasteiger partial charge >= 0.3 is 8.74 Å². The predicted molar refractivity (Wildman–Crippen MR) is 58.8 cm³/mol. The molecule has 0 bridgehead atoms. The summed E-state index contributed by atoms with van der Waals surface area (Å²) >= 11 is 5.65. The summed E-state index contributed by atoms with van der Waals surface area (Å²) in [5, 5.41) is 0.680. The molecule has 0 saturated carbocycles. The zero-order valence-electron chi connectivity index (χ0n) is 8.23. The standard InChI is InChI=1S/C10H13ClF2Si/c1-3-8(2)14(12,13)10-6-4-9(11)5-7-10/h4-8H,3H2,1-2H3. The van der Waals surface area contributed by atoms with Gasteiger partial charge in [0.25, 0.3) is 0 Å². The Hall–Kier alpha value is -0.413. The summed E-state index contributed by atoms with van der Waals surface area (Å²) in [7, 11) is -4.26. The van der Waals surface area contributed by atoms with E-state index in [1.165, 1.54) is 24.3 Å². The minimum Gasteiger partial charge on any atom is -0.264 e. The molecule has 0 nitrogen and oxygen atoms in total. The van der Waals surface area contributed by atoms with Gasteiger partial charge in [-0.25, -0.2) is 0 Å². The van der Waals surface area contributed by atoms with Gasteiger partial charge in [0, 0.05) is 15.8 Å². The average molecular weight is 235 g/mol. The molecule has 0 amide bonds. The van der Waals surface area contributed by atoms with Crippen molar-refractivity contribution < 1.29 is 8.22 Å². The molecule has 1 aromatic carbocycles. The Kier molecular flexibility index (Phi) is 3.67. The second-order valence-corrected chi connectivity index (χ2v) is 6.68. The maximum absolute atomic E-state index is 13.8. The number of hydrogen-bond donors (Lipinski definition) is 0. The third-order valence-electron chi connectivity index (χ3n) is 2.46. The lowest BCUT2D eigenvalue weighted by atomic mass is 10.4. The molecule has 0 aliphatic heterocycles. The summed E-state index contributed by atoms with van der Waals surface area (Å²) in [5.41, 5.74) is -0.510. The third-order valence-corrected chi connectivity index (χ3v) is 5.46. The molecule has 0 aliphatic carbocycles. The van der Waals surface area contributed by atoms with Crippen LogP contribution in [-0.2, 0) is 0 Å². The molecule has 78 valence electrons. The van der Waals surface area contributed by atoms with Crippen LogP contribution >= 0.6 is 11.6 Å². The first-order chi connectivity index (χ1) is 6.48. The van der Waals surface area contributed by atoms with Crippen molar-refractivity contribution in [1.29, 1.82) is 0 Å². The van der Waals surface area contributed by atoms with E-state index in [-0.39, 0.29) is 5.19 Å². The molecular formula is C10H13ClF2Si. The van der Waals surface area contributed by atoms with E-state index in [1.54, 1.807) is 13.8 Å². The predicted octanol–water partition coefficient (Wildman–Crippen LogP) is 3.73. The second-order valence-electron chi connectivity index (χ2n) is 3.44. The van der Waals surface area contributed by atoms with E-state index < -0.39 is 14.3 Å². The molecule has 0 N–H and O–H groups in total. The van der Waals surface area contributed by atoms with E-state index in [1.807, 2.05) is 0 Å². The molecule has 0 heterocycles. The van der Waals surface area contributed by atoms with Gasteiger partial charge in [0.1, 0.15) is 0 Å². The smallest absolute Gasteiger partial charge is 0.264 e. The van der Waals surface area contributed by atoms with Crippen LogP contribution in [0.5, 0.6) is 0 Å². The molecular weight excluding hydrogens is 222 g/mol. The number of benzene rings is 1. The van der Waals surface area contributed by atoms with Crippen LogP contribution in [-0.4, -0.2) is 8.74 Å². The normalized spacial score (nSPS) is 14.1. The maximum atomic E-state index is 13.8. The van der Waals surface area contributed by atoms with Crippen molar-refractivity contribution in [3.05, 3.63) is 29.3 Å². The van der Waals surface area contributed by atoms with Gasteiger partial charge in [-0.3, -0.25) is 8.22 Å². The Morgan fingerprint density at radius 2 is 1.79 bits per heavy atom. The molecule has 0 aromatic heterocycles. The molecule has 1 aromatic rings. The number of rotatable bonds is 3. The topological polar surface area (TPSA) is 0 Å². The van der Waals surface area contributed by atoms with E-state index in [2.05, 4.69) is 0 Å². The highest BCUT2D eigenvalue weighted by Gasteiger charge is 2.43. The van der Waals surface area contributed by atoms with Gasteiger partial charge in [0.15, 0.2) is 0 Å². The Morgan fingerprint density at radius 3 is 2.21 bits per heavy atom. The zero-order valence-corrected chi connectivity index (χ0v) is 9.98. The molecule has 1 unspecified atom stereocenters. The SMILES string of the molecule is CCC(C)[Si](F)(F)c1ccc(Cl)cc1. The quantitative estimate of drug-likeness (QED) is 0.552. The lowest BCUT2D eigenvalue weighted by molar-refractivity contribution is 0.573. The summed E-state index contributed by atoms with van der Waals surface area (Å²) in [4.78, 5) is 0. The van der Waals surface area contributed by atoms with Gasteiger partial charge in [-0.05, 0) is 12.1 Å². The third kappa shape index (κ3) is 2.33. The van der Waals surface area contributed by atoms with Gasteiger partial charge in [-0.2, -0.15) is 0 Å². The fourth-order valence-electron chi connectivity index (χ4n) is 1.21. The van der Waals surface area contributed by atoms with Crippen LogP contribution in [0, 0.1) is 0 Å². The van der Waals surface area contributed by atoms with Crippen molar-refractivity contribution in [3.63, 3.8) is 0 Å². The first kappa shape index (κ1) is 11.7. The fourth-order valence-corrected chi connectivity index (χ4v) is 3.03. The van der Waals surface area contributed by atoms with Gasteiger partial charge in [-0.1, -0.05) is 44.0 Å². The number of hydrogen-bond acceptors (Lipinski definition) is 0. The lowest BCUT2D eigenvalue weighted by Gasteiger charge is -2.19. The summed E-state index contributed by atoms with van der Waals surface area (Å²) in [6, 6.07) is 5.95. The van der Waals surface area contributed by atoms with Crippen LogP contribution in [0.25, 0.3) is 0 Å². The molecule has 0 aliphatic rings. The molecule has 1 atom stereocenters. The fraction of sp³-hybridized carbons (Fsp3) is 0.400. The molecule has 1 rings (SSSR count). The van der Waals surface area contributed by atoms with Crippen LogP contribution in [0.1, 0.15) is 20.3 Å². The molecule has 0 spiro atoms. The van der Waals surface area contributed by atoms with Gasteiger partial charge < -0.3 is 0 Å². The Bertz CT molecular complexity index is 297. The van der Waals surface area contributed by atoms with Crippen LogP contribution in [0.4, 0.5) is 8.22 Å². The Labute approximate surface area is 89.3 Å². The number of halogens is 3. The summed E-state index contributed by atoms with van der Waals surface area (Å²) in [6.45, 7) is 3.41. The van der Waals surface area contributed by atoms with Crippen LogP contribution in [0.3, 0.4) is 0 Å². The highest BCUT2D eigenvalue weighted by molar-refractivity contribution is 6.81. The summed E-state index contributed by atoms with van der Waals surface area (Å²) < 4.78 is 27.6. The lowest BCUT2D eigenvalue weighted by Crippen LogP contribution is -2.42. The van der Waals surface area contributed by atoms with E-state index in [0.29, 0.717) is 11.4 Å².